The maximum absolute atomic E-state index is 12.4. The summed E-state index contributed by atoms with van der Waals surface area (Å²) in [5.41, 5.74) is 1.99. The Balaban J connectivity index is 2.60. The average Bonchev–Trinajstić information content (AvgIpc) is 2.71. The molecule has 0 saturated heterocycles. The van der Waals surface area contributed by atoms with Crippen LogP contribution in [0.2, 0.25) is 0 Å². The molecule has 0 aliphatic carbocycles. The maximum atomic E-state index is 12.4. The molecule has 1 amide bonds. The Hall–Kier alpha value is -2.04. The number of nitrogens with zero attached hydrogens (tertiary/aromatic N) is 1. The maximum Gasteiger partial charge on any atom is 0.346 e. The molecule has 0 saturated carbocycles. The zero-order valence-electron chi connectivity index (χ0n) is 11.7. The highest BCUT2D eigenvalue weighted by molar-refractivity contribution is 7.71. The van der Waals surface area contributed by atoms with Gasteiger partial charge in [-0.15, -0.1) is 11.3 Å². The number of aliphatic hydroxyl groups excluding tert-OH is 1. The lowest BCUT2D eigenvalue weighted by Gasteiger charge is -2.09. The molecule has 2 aromatic heterocycles. The van der Waals surface area contributed by atoms with Crippen LogP contribution in [0.4, 0.5) is 0 Å². The van der Waals surface area contributed by atoms with E-state index in [1.165, 1.54) is 13.8 Å². The number of fused-ring (bicyclic) bond motifs is 1. The Morgan fingerprint density at radius 3 is 2.68 bits per heavy atom. The molecule has 0 spiro atoms. The van der Waals surface area contributed by atoms with Crippen LogP contribution in [0.3, 0.4) is 0 Å². The molecule has 2 rings (SSSR count). The second-order valence-electron chi connectivity index (χ2n) is 4.72. The van der Waals surface area contributed by atoms with E-state index in [2.05, 4.69) is 10.4 Å². The normalized spacial score (nSPS) is 12.3. The predicted molar refractivity (Wildman–Crippen MR) is 83.6 cm³/mol. The van der Waals surface area contributed by atoms with Gasteiger partial charge in [0.15, 0.2) is 0 Å². The summed E-state index contributed by atoms with van der Waals surface area (Å²) in [6.07, 6.45) is -1.05. The fourth-order valence-corrected chi connectivity index (χ4v) is 3.29. The van der Waals surface area contributed by atoms with Gasteiger partial charge in [-0.1, -0.05) is 0 Å². The Bertz CT molecular complexity index is 877. The van der Waals surface area contributed by atoms with E-state index < -0.39 is 23.5 Å². The summed E-state index contributed by atoms with van der Waals surface area (Å²) in [6, 6.07) is 0. The number of carbonyl (C=O) groups is 2. The van der Waals surface area contributed by atoms with Crippen LogP contribution < -0.4 is 11.0 Å². The van der Waals surface area contributed by atoms with Gasteiger partial charge in [0.05, 0.1) is 17.9 Å². The standard InChI is InChI=1S/C12H13N3O5S2/c1-4(16)3-6(17)14-15-10(18)7-5(2)8(11(19)20)22-9(7)13-12(15)21/h4,16H,3H2,1-2H3,(H,13,21)(H,14,17)(H,19,20)/t4-/m0/s1. The van der Waals surface area contributed by atoms with Gasteiger partial charge in [-0.05, 0) is 31.6 Å². The van der Waals surface area contributed by atoms with Crippen molar-refractivity contribution in [2.24, 2.45) is 0 Å². The number of aryl methyl sites for hydroxylation is 1. The van der Waals surface area contributed by atoms with E-state index in [1.54, 1.807) is 0 Å². The molecule has 1 atom stereocenters. The number of carbonyl (C=O) groups excluding carboxylic acids is 1. The molecule has 8 nitrogen and oxygen atoms in total. The highest BCUT2D eigenvalue weighted by Gasteiger charge is 2.19. The number of rotatable bonds is 4. The van der Waals surface area contributed by atoms with Crippen molar-refractivity contribution in [3.05, 3.63) is 25.6 Å². The third-order valence-corrected chi connectivity index (χ3v) is 4.38. The van der Waals surface area contributed by atoms with Crippen LogP contribution in [0.15, 0.2) is 4.79 Å². The first kappa shape index (κ1) is 16.3. The molecule has 0 bridgehead atoms. The molecule has 0 radical (unpaired) electrons. The summed E-state index contributed by atoms with van der Waals surface area (Å²) in [6.45, 7) is 2.96. The van der Waals surface area contributed by atoms with Crippen molar-refractivity contribution in [1.82, 2.24) is 9.66 Å². The van der Waals surface area contributed by atoms with Gasteiger partial charge in [0.25, 0.3) is 5.56 Å². The number of hydrogen-bond acceptors (Lipinski definition) is 6. The molecule has 0 fully saturated rings. The van der Waals surface area contributed by atoms with E-state index >= 15 is 0 Å². The van der Waals surface area contributed by atoms with Crippen LogP contribution in [0.5, 0.6) is 0 Å². The number of carboxylic acid groups (broad SMARTS) is 1. The summed E-state index contributed by atoms with van der Waals surface area (Å²) in [7, 11) is 0. The molecule has 2 aromatic rings. The minimum Gasteiger partial charge on any atom is -0.477 e. The van der Waals surface area contributed by atoms with Crippen molar-refractivity contribution >= 4 is 45.6 Å². The SMILES string of the molecule is Cc1c(C(=O)O)sc2[nH]c(=S)n(NC(=O)C[C@H](C)O)c(=O)c12. The van der Waals surface area contributed by atoms with Gasteiger partial charge < -0.3 is 15.2 Å². The predicted octanol–water partition coefficient (Wildman–Crippen LogP) is 0.968. The van der Waals surface area contributed by atoms with Gasteiger partial charge in [-0.2, -0.15) is 4.68 Å². The Labute approximate surface area is 133 Å². The summed E-state index contributed by atoms with van der Waals surface area (Å²) in [4.78, 5) is 38.4. The molecule has 10 heteroatoms. The van der Waals surface area contributed by atoms with E-state index in [0.717, 1.165) is 16.0 Å². The molecule has 118 valence electrons. The Morgan fingerprint density at radius 2 is 2.14 bits per heavy atom. The molecule has 22 heavy (non-hydrogen) atoms. The number of aromatic amines is 1. The van der Waals surface area contributed by atoms with Crippen molar-refractivity contribution in [3.8, 4) is 0 Å². The summed E-state index contributed by atoms with van der Waals surface area (Å²) in [5.74, 6) is -1.72. The number of carboxylic acids is 1. The molecular weight excluding hydrogens is 330 g/mol. The fourth-order valence-electron chi connectivity index (χ4n) is 1.96. The van der Waals surface area contributed by atoms with Crippen LogP contribution in [0.25, 0.3) is 10.2 Å². The van der Waals surface area contributed by atoms with Gasteiger partial charge in [0.2, 0.25) is 10.7 Å². The van der Waals surface area contributed by atoms with Crippen molar-refractivity contribution in [1.29, 1.82) is 0 Å². The first-order chi connectivity index (χ1) is 10.2. The van der Waals surface area contributed by atoms with Gasteiger partial charge in [-0.25, -0.2) is 4.79 Å². The number of nitrogens with one attached hydrogen (secondary N) is 2. The second-order valence-corrected chi connectivity index (χ2v) is 6.13. The number of aromatic carboxylic acids is 1. The zero-order chi connectivity index (χ0) is 16.6. The molecule has 4 N–H and O–H groups in total. The van der Waals surface area contributed by atoms with Gasteiger partial charge >= 0.3 is 5.97 Å². The lowest BCUT2D eigenvalue weighted by Crippen LogP contribution is -2.35. The highest BCUT2D eigenvalue weighted by atomic mass is 32.1. The lowest BCUT2D eigenvalue weighted by molar-refractivity contribution is -0.118. The summed E-state index contributed by atoms with van der Waals surface area (Å²) >= 11 is 5.92. The van der Waals surface area contributed by atoms with E-state index in [-0.39, 0.29) is 21.5 Å². The van der Waals surface area contributed by atoms with Crippen molar-refractivity contribution < 1.29 is 19.8 Å². The van der Waals surface area contributed by atoms with Crippen LogP contribution in [0, 0.1) is 11.7 Å². The Morgan fingerprint density at radius 1 is 1.50 bits per heavy atom. The zero-order valence-corrected chi connectivity index (χ0v) is 13.3. The van der Waals surface area contributed by atoms with Crippen LogP contribution in [-0.4, -0.2) is 37.9 Å². The quantitative estimate of drug-likeness (QED) is 0.613. The molecule has 0 aliphatic heterocycles. The lowest BCUT2D eigenvalue weighted by atomic mass is 10.2. The van der Waals surface area contributed by atoms with Gasteiger partial charge in [0, 0.05) is 0 Å². The van der Waals surface area contributed by atoms with Crippen molar-refractivity contribution in [2.75, 3.05) is 5.43 Å². The third kappa shape index (κ3) is 2.93. The minimum atomic E-state index is -1.14. The van der Waals surface area contributed by atoms with Gasteiger partial charge in [-0.3, -0.25) is 15.0 Å². The smallest absolute Gasteiger partial charge is 0.346 e. The van der Waals surface area contributed by atoms with Crippen LogP contribution >= 0.6 is 23.6 Å². The first-order valence-electron chi connectivity index (χ1n) is 6.22. The first-order valence-corrected chi connectivity index (χ1v) is 7.44. The van der Waals surface area contributed by atoms with E-state index in [0.29, 0.717) is 10.4 Å². The number of amides is 1. The molecule has 0 aromatic carbocycles. The third-order valence-electron chi connectivity index (χ3n) is 2.90. The summed E-state index contributed by atoms with van der Waals surface area (Å²) in [5, 5.41) is 18.4. The van der Waals surface area contributed by atoms with Crippen LogP contribution in [0.1, 0.15) is 28.6 Å². The summed E-state index contributed by atoms with van der Waals surface area (Å²) < 4.78 is 0.780. The van der Waals surface area contributed by atoms with E-state index in [9.17, 15) is 19.5 Å². The number of aromatic nitrogens is 2. The largest absolute Gasteiger partial charge is 0.477 e. The number of thiophene rings is 1. The van der Waals surface area contributed by atoms with E-state index in [1.807, 2.05) is 0 Å². The van der Waals surface area contributed by atoms with Crippen molar-refractivity contribution in [2.45, 2.75) is 26.4 Å². The van der Waals surface area contributed by atoms with Crippen LogP contribution in [-0.2, 0) is 4.79 Å². The fraction of sp³-hybridized carbons (Fsp3) is 0.333. The minimum absolute atomic E-state index is 0.0332. The molecule has 0 aliphatic rings. The monoisotopic (exact) mass is 343 g/mol. The highest BCUT2D eigenvalue weighted by Crippen LogP contribution is 2.26. The van der Waals surface area contributed by atoms with Gasteiger partial charge in [0.1, 0.15) is 9.71 Å². The Kier molecular flexibility index (Phi) is 4.44. The van der Waals surface area contributed by atoms with Crippen molar-refractivity contribution in [3.63, 3.8) is 0 Å². The molecule has 0 unspecified atom stereocenters. The topological polar surface area (TPSA) is 124 Å². The van der Waals surface area contributed by atoms with E-state index in [4.69, 9.17) is 17.3 Å². The second kappa shape index (κ2) is 5.99. The average molecular weight is 343 g/mol. The number of aliphatic hydroxyl groups is 1. The molecule has 2 heterocycles. The number of H-pyrrole nitrogens is 1. The molecular formula is C12H13N3O5S2. The number of hydrogen-bond donors (Lipinski definition) is 4.